The number of nitrogens with zero attached hydrogens (tertiary/aromatic N) is 2. The van der Waals surface area contributed by atoms with Gasteiger partial charge in [-0.15, -0.1) is 0 Å². The van der Waals surface area contributed by atoms with Crippen molar-refractivity contribution in [3.05, 3.63) is 53.2 Å². The number of rotatable bonds is 10. The molecule has 1 saturated heterocycles. The molecule has 1 aliphatic heterocycles. The number of likely N-dealkylation sites (tertiary alicyclic amines) is 1. The van der Waals surface area contributed by atoms with Gasteiger partial charge in [0.2, 0.25) is 0 Å². The molecule has 0 aliphatic carbocycles. The van der Waals surface area contributed by atoms with Crippen LogP contribution in [0.2, 0.25) is 5.02 Å². The van der Waals surface area contributed by atoms with Gasteiger partial charge in [0, 0.05) is 43.9 Å². The van der Waals surface area contributed by atoms with Crippen LogP contribution in [0, 0.1) is 0 Å². The highest BCUT2D eigenvalue weighted by Gasteiger charge is 2.20. The Hall–Kier alpha value is -3.60. The van der Waals surface area contributed by atoms with Gasteiger partial charge in [0.1, 0.15) is 30.0 Å². The first-order valence-electron chi connectivity index (χ1n) is 12.6. The van der Waals surface area contributed by atoms with Gasteiger partial charge in [-0.1, -0.05) is 11.6 Å². The number of fused-ring (bicyclic) bond motifs is 1. The van der Waals surface area contributed by atoms with E-state index >= 15 is 0 Å². The first-order valence-corrected chi connectivity index (χ1v) is 13.0. The second kappa shape index (κ2) is 12.8. The number of amides is 3. The van der Waals surface area contributed by atoms with E-state index in [-0.39, 0.29) is 18.5 Å². The third kappa shape index (κ3) is 6.83. The lowest BCUT2D eigenvalue weighted by molar-refractivity contribution is 0.0745. The first-order chi connectivity index (χ1) is 18.4. The molecule has 1 fully saturated rings. The Bertz CT molecular complexity index is 1300. The van der Waals surface area contributed by atoms with Crippen LogP contribution in [0.5, 0.6) is 17.2 Å². The lowest BCUT2D eigenvalue weighted by atomic mass is 10.1. The molecule has 3 aromatic rings. The van der Waals surface area contributed by atoms with Crippen LogP contribution in [0.25, 0.3) is 10.9 Å². The number of hydrogen-bond acceptors (Lipinski definition) is 7. The summed E-state index contributed by atoms with van der Waals surface area (Å²) >= 11 is 6.32. The number of urea groups is 1. The van der Waals surface area contributed by atoms with Crippen molar-refractivity contribution in [2.24, 2.45) is 0 Å². The van der Waals surface area contributed by atoms with E-state index < -0.39 is 6.10 Å². The maximum absolute atomic E-state index is 12.9. The number of nitrogens with one attached hydrogen (secondary N) is 3. The molecule has 0 saturated carbocycles. The molecule has 3 amide bonds. The number of aromatic nitrogens is 1. The Morgan fingerprint density at radius 2 is 1.95 bits per heavy atom. The second-order valence-corrected chi connectivity index (χ2v) is 9.36. The number of β-amino-alcohol motifs (C(OH)–C–C–N with tert-alkyl or cyclic N) is 1. The Morgan fingerprint density at radius 1 is 1.16 bits per heavy atom. The highest BCUT2D eigenvalue weighted by molar-refractivity contribution is 6.33. The van der Waals surface area contributed by atoms with E-state index in [1.807, 2.05) is 6.92 Å². The summed E-state index contributed by atoms with van der Waals surface area (Å²) in [7, 11) is 1.51. The summed E-state index contributed by atoms with van der Waals surface area (Å²) in [6, 6.07) is 9.55. The molecule has 0 bridgehead atoms. The predicted octanol–water partition coefficient (Wildman–Crippen LogP) is 4.02. The number of carbonyl (C=O) groups excluding carboxylic acids is 2. The summed E-state index contributed by atoms with van der Waals surface area (Å²) in [6.45, 7) is 4.81. The van der Waals surface area contributed by atoms with Crippen LogP contribution in [-0.2, 0) is 0 Å². The summed E-state index contributed by atoms with van der Waals surface area (Å²) in [4.78, 5) is 31.2. The fraction of sp³-hybridized carbons (Fsp3) is 0.370. The van der Waals surface area contributed by atoms with Crippen LogP contribution >= 0.6 is 11.6 Å². The molecule has 38 heavy (non-hydrogen) atoms. The third-order valence-corrected chi connectivity index (χ3v) is 6.44. The summed E-state index contributed by atoms with van der Waals surface area (Å²) in [5.74, 6) is 0.932. The number of aliphatic hydroxyl groups excluding tert-OH is 1. The molecule has 4 N–H and O–H groups in total. The molecule has 1 aliphatic rings. The van der Waals surface area contributed by atoms with Gasteiger partial charge in [-0.2, -0.15) is 0 Å². The van der Waals surface area contributed by atoms with E-state index in [0.29, 0.717) is 57.5 Å². The van der Waals surface area contributed by atoms with Gasteiger partial charge < -0.3 is 35.4 Å². The average molecular weight is 542 g/mol. The standard InChI is InChI=1S/C27H32ClN5O5/c1-3-30-26(35)20-13-19-23(14-25(20)37-16-17(34)15-33-10-4-5-11-33)31-9-8-24(19)38-18-6-7-22(21(28)12-18)32-27(36)29-2/h6-9,12-14,17,34H,3-5,10-11,15-16H2,1-2H3,(H,30,35)(H2,29,32,36). The van der Waals surface area contributed by atoms with Crippen molar-refractivity contribution >= 4 is 40.1 Å². The molecule has 2 aromatic carbocycles. The number of anilines is 1. The fourth-order valence-electron chi connectivity index (χ4n) is 4.26. The zero-order valence-electron chi connectivity index (χ0n) is 21.4. The summed E-state index contributed by atoms with van der Waals surface area (Å²) in [6.07, 6.45) is 3.19. The molecule has 2 heterocycles. The van der Waals surface area contributed by atoms with Crippen molar-refractivity contribution in [3.8, 4) is 17.2 Å². The van der Waals surface area contributed by atoms with Gasteiger partial charge in [0.05, 0.1) is 21.8 Å². The van der Waals surface area contributed by atoms with E-state index in [1.165, 1.54) is 7.05 Å². The van der Waals surface area contributed by atoms with Gasteiger partial charge in [-0.05, 0) is 57.1 Å². The van der Waals surface area contributed by atoms with E-state index in [2.05, 4.69) is 25.8 Å². The number of ether oxygens (including phenoxy) is 2. The highest BCUT2D eigenvalue weighted by Crippen LogP contribution is 2.35. The number of aliphatic hydroxyl groups is 1. The van der Waals surface area contributed by atoms with Gasteiger partial charge in [-0.25, -0.2) is 4.79 Å². The highest BCUT2D eigenvalue weighted by atomic mass is 35.5. The van der Waals surface area contributed by atoms with Crippen molar-refractivity contribution in [2.75, 3.05) is 45.2 Å². The normalized spacial score (nSPS) is 14.2. The Kier molecular flexibility index (Phi) is 9.22. The maximum atomic E-state index is 12.9. The van der Waals surface area contributed by atoms with Crippen molar-refractivity contribution in [2.45, 2.75) is 25.9 Å². The number of halogens is 1. The number of carbonyl (C=O) groups is 2. The van der Waals surface area contributed by atoms with E-state index in [1.54, 1.807) is 42.6 Å². The number of hydrogen-bond donors (Lipinski definition) is 4. The SMILES string of the molecule is CCNC(=O)c1cc2c(Oc3ccc(NC(=O)NC)c(Cl)c3)ccnc2cc1OCC(O)CN1CCCC1. The van der Waals surface area contributed by atoms with Gasteiger partial charge in [0.15, 0.2) is 0 Å². The third-order valence-electron chi connectivity index (χ3n) is 6.13. The fourth-order valence-corrected chi connectivity index (χ4v) is 4.48. The van der Waals surface area contributed by atoms with Crippen LogP contribution < -0.4 is 25.4 Å². The molecule has 1 unspecified atom stereocenters. The number of pyridine rings is 1. The molecule has 1 aromatic heterocycles. The average Bonchev–Trinajstić information content (AvgIpc) is 3.41. The zero-order chi connectivity index (χ0) is 27.1. The Morgan fingerprint density at radius 3 is 2.66 bits per heavy atom. The van der Waals surface area contributed by atoms with Crippen molar-refractivity contribution in [1.29, 1.82) is 0 Å². The molecule has 202 valence electrons. The molecular formula is C27H32ClN5O5. The largest absolute Gasteiger partial charge is 0.490 e. The smallest absolute Gasteiger partial charge is 0.319 e. The van der Waals surface area contributed by atoms with E-state index in [4.69, 9.17) is 21.1 Å². The van der Waals surface area contributed by atoms with Crippen LogP contribution in [0.4, 0.5) is 10.5 Å². The van der Waals surface area contributed by atoms with Gasteiger partial charge >= 0.3 is 6.03 Å². The van der Waals surface area contributed by atoms with Crippen LogP contribution in [0.3, 0.4) is 0 Å². The quantitative estimate of drug-likeness (QED) is 0.305. The first kappa shape index (κ1) is 27.4. The van der Waals surface area contributed by atoms with E-state index in [0.717, 1.165) is 25.9 Å². The molecular weight excluding hydrogens is 510 g/mol. The number of benzene rings is 2. The molecule has 4 rings (SSSR count). The molecule has 10 nitrogen and oxygen atoms in total. The second-order valence-electron chi connectivity index (χ2n) is 8.95. The molecule has 0 spiro atoms. The lowest BCUT2D eigenvalue weighted by Gasteiger charge is -2.20. The lowest BCUT2D eigenvalue weighted by Crippen LogP contribution is -2.34. The monoisotopic (exact) mass is 541 g/mol. The minimum absolute atomic E-state index is 0.0551. The van der Waals surface area contributed by atoms with Gasteiger partial charge in [-0.3, -0.25) is 9.78 Å². The summed E-state index contributed by atoms with van der Waals surface area (Å²) in [5.41, 5.74) is 1.31. The topological polar surface area (TPSA) is 125 Å². The summed E-state index contributed by atoms with van der Waals surface area (Å²) in [5, 5.41) is 19.3. The van der Waals surface area contributed by atoms with Crippen LogP contribution in [0.1, 0.15) is 30.1 Å². The van der Waals surface area contributed by atoms with Crippen LogP contribution in [0.15, 0.2) is 42.6 Å². The summed E-state index contributed by atoms with van der Waals surface area (Å²) < 4.78 is 12.0. The zero-order valence-corrected chi connectivity index (χ0v) is 22.2. The molecule has 1 atom stereocenters. The Labute approximate surface area is 226 Å². The molecule has 11 heteroatoms. The molecule has 0 radical (unpaired) electrons. The predicted molar refractivity (Wildman–Crippen MR) is 147 cm³/mol. The van der Waals surface area contributed by atoms with E-state index in [9.17, 15) is 14.7 Å². The minimum Gasteiger partial charge on any atom is -0.490 e. The van der Waals surface area contributed by atoms with Crippen LogP contribution in [-0.4, -0.2) is 72.9 Å². The van der Waals surface area contributed by atoms with Crippen molar-refractivity contribution in [1.82, 2.24) is 20.5 Å². The minimum atomic E-state index is -0.681. The maximum Gasteiger partial charge on any atom is 0.319 e. The Balaban J connectivity index is 1.59. The van der Waals surface area contributed by atoms with Crippen molar-refractivity contribution < 1.29 is 24.2 Å². The van der Waals surface area contributed by atoms with Gasteiger partial charge in [0.25, 0.3) is 5.91 Å². The van der Waals surface area contributed by atoms with Crippen molar-refractivity contribution in [3.63, 3.8) is 0 Å².